The van der Waals surface area contributed by atoms with E-state index in [0.29, 0.717) is 11.1 Å². The van der Waals surface area contributed by atoms with Gasteiger partial charge in [-0.1, -0.05) is 25.3 Å². The lowest BCUT2D eigenvalue weighted by Crippen LogP contribution is -2.12. The molecule has 19 heavy (non-hydrogen) atoms. The molecule has 1 nitrogen and oxygen atoms in total. The first-order valence-electron chi connectivity index (χ1n) is 6.70. The Morgan fingerprint density at radius 1 is 1.32 bits per heavy atom. The summed E-state index contributed by atoms with van der Waals surface area (Å²) in [5.74, 6) is -1.58. The molecule has 0 radical (unpaired) electrons. The molecule has 0 aromatic heterocycles. The van der Waals surface area contributed by atoms with Gasteiger partial charge in [-0.25, -0.2) is 8.78 Å². The standard InChI is InChI=1S/C16H17F2N/c1-2-6-13-15(11-7-4-3-5-8-11)12(10-19)9-14(17)16(13)18/h2,9,11H,1,3-8H2. The van der Waals surface area contributed by atoms with Gasteiger partial charge in [0.05, 0.1) is 11.6 Å². The van der Waals surface area contributed by atoms with Crippen LogP contribution in [0.1, 0.15) is 54.7 Å². The molecule has 0 bridgehead atoms. The molecule has 0 heterocycles. The molecule has 1 aromatic rings. The molecule has 100 valence electrons. The molecule has 0 saturated heterocycles. The molecule has 1 fully saturated rings. The molecule has 0 spiro atoms. The highest BCUT2D eigenvalue weighted by Crippen LogP contribution is 2.38. The van der Waals surface area contributed by atoms with Crippen LogP contribution in [0.25, 0.3) is 0 Å². The monoisotopic (exact) mass is 261 g/mol. The lowest BCUT2D eigenvalue weighted by atomic mass is 9.79. The smallest absolute Gasteiger partial charge is 0.162 e. The molecular weight excluding hydrogens is 244 g/mol. The number of hydrogen-bond acceptors (Lipinski definition) is 1. The van der Waals surface area contributed by atoms with Gasteiger partial charge in [-0.3, -0.25) is 0 Å². The molecule has 0 aliphatic heterocycles. The van der Waals surface area contributed by atoms with Crippen LogP contribution in [0.5, 0.6) is 0 Å². The zero-order chi connectivity index (χ0) is 13.8. The maximum atomic E-state index is 14.0. The fraction of sp³-hybridized carbons (Fsp3) is 0.438. The zero-order valence-electron chi connectivity index (χ0n) is 10.9. The van der Waals surface area contributed by atoms with E-state index in [0.717, 1.165) is 31.7 Å². The summed E-state index contributed by atoms with van der Waals surface area (Å²) in [4.78, 5) is 0. The summed E-state index contributed by atoms with van der Waals surface area (Å²) in [6.45, 7) is 3.60. The van der Waals surface area contributed by atoms with E-state index < -0.39 is 11.6 Å². The van der Waals surface area contributed by atoms with Crippen LogP contribution in [0, 0.1) is 23.0 Å². The largest absolute Gasteiger partial charge is 0.204 e. The summed E-state index contributed by atoms with van der Waals surface area (Å²) in [5.41, 5.74) is 1.31. The summed E-state index contributed by atoms with van der Waals surface area (Å²) in [7, 11) is 0. The zero-order valence-corrected chi connectivity index (χ0v) is 10.9. The quantitative estimate of drug-likeness (QED) is 0.729. The van der Waals surface area contributed by atoms with E-state index in [4.69, 9.17) is 0 Å². The molecule has 3 heteroatoms. The van der Waals surface area contributed by atoms with Crippen LogP contribution in [-0.2, 0) is 6.42 Å². The van der Waals surface area contributed by atoms with Gasteiger partial charge >= 0.3 is 0 Å². The predicted molar refractivity (Wildman–Crippen MR) is 70.8 cm³/mol. The van der Waals surface area contributed by atoms with Gasteiger partial charge in [0, 0.05) is 0 Å². The second kappa shape index (κ2) is 5.97. The highest BCUT2D eigenvalue weighted by molar-refractivity contribution is 5.47. The van der Waals surface area contributed by atoms with E-state index in [1.165, 1.54) is 6.42 Å². The average Bonchev–Trinajstić information content (AvgIpc) is 2.44. The Morgan fingerprint density at radius 3 is 2.58 bits per heavy atom. The second-order valence-corrected chi connectivity index (χ2v) is 5.05. The summed E-state index contributed by atoms with van der Waals surface area (Å²) in [6.07, 6.45) is 7.08. The summed E-state index contributed by atoms with van der Waals surface area (Å²) >= 11 is 0. The molecule has 0 unspecified atom stereocenters. The second-order valence-electron chi connectivity index (χ2n) is 5.05. The van der Waals surface area contributed by atoms with E-state index >= 15 is 0 Å². The Labute approximate surface area is 112 Å². The first kappa shape index (κ1) is 13.7. The molecule has 1 aliphatic carbocycles. The number of halogens is 2. The first-order chi connectivity index (χ1) is 9.19. The molecule has 0 atom stereocenters. The van der Waals surface area contributed by atoms with Crippen molar-refractivity contribution in [2.24, 2.45) is 0 Å². The maximum Gasteiger partial charge on any atom is 0.162 e. The molecule has 1 saturated carbocycles. The van der Waals surface area contributed by atoms with E-state index in [1.54, 1.807) is 6.08 Å². The fourth-order valence-electron chi connectivity index (χ4n) is 2.99. The lowest BCUT2D eigenvalue weighted by Gasteiger charge is -2.25. The Bertz CT molecular complexity index is 523. The van der Waals surface area contributed by atoms with E-state index in [2.05, 4.69) is 6.58 Å². The number of allylic oxidation sites excluding steroid dienone is 1. The molecule has 0 N–H and O–H groups in total. The van der Waals surface area contributed by atoms with Gasteiger partial charge in [0.25, 0.3) is 0 Å². The highest BCUT2D eigenvalue weighted by Gasteiger charge is 2.25. The molecule has 1 aromatic carbocycles. The highest BCUT2D eigenvalue weighted by atomic mass is 19.2. The van der Waals surface area contributed by atoms with Crippen molar-refractivity contribution < 1.29 is 8.78 Å². The topological polar surface area (TPSA) is 23.8 Å². The Hall–Kier alpha value is -1.69. The van der Waals surface area contributed by atoms with Crippen LogP contribution in [-0.4, -0.2) is 0 Å². The molecule has 2 rings (SSSR count). The normalized spacial score (nSPS) is 16.1. The van der Waals surface area contributed by atoms with Crippen molar-refractivity contribution in [2.75, 3.05) is 0 Å². The number of nitrogens with zero attached hydrogens (tertiary/aromatic N) is 1. The van der Waals surface area contributed by atoms with Crippen molar-refractivity contribution in [1.29, 1.82) is 5.26 Å². The van der Waals surface area contributed by atoms with Crippen molar-refractivity contribution in [1.82, 2.24) is 0 Å². The van der Waals surface area contributed by atoms with Crippen LogP contribution < -0.4 is 0 Å². The van der Waals surface area contributed by atoms with Crippen LogP contribution in [0.3, 0.4) is 0 Å². The van der Waals surface area contributed by atoms with Crippen LogP contribution in [0.15, 0.2) is 18.7 Å². The first-order valence-corrected chi connectivity index (χ1v) is 6.70. The maximum absolute atomic E-state index is 14.0. The van der Waals surface area contributed by atoms with Gasteiger partial charge in [0.2, 0.25) is 0 Å². The Balaban J connectivity index is 2.57. The summed E-state index contributed by atoms with van der Waals surface area (Å²) < 4.78 is 27.5. The van der Waals surface area contributed by atoms with E-state index in [9.17, 15) is 14.0 Å². The fourth-order valence-corrected chi connectivity index (χ4v) is 2.99. The third kappa shape index (κ3) is 2.68. The minimum atomic E-state index is -0.937. The molecular formula is C16H17F2N. The Morgan fingerprint density at radius 2 is 2.00 bits per heavy atom. The summed E-state index contributed by atoms with van der Waals surface area (Å²) in [6, 6.07) is 3.05. The van der Waals surface area contributed by atoms with Gasteiger partial charge in [0.1, 0.15) is 0 Å². The van der Waals surface area contributed by atoms with Gasteiger partial charge < -0.3 is 0 Å². The van der Waals surface area contributed by atoms with E-state index in [1.807, 2.05) is 6.07 Å². The number of hydrogen-bond donors (Lipinski definition) is 0. The van der Waals surface area contributed by atoms with Crippen LogP contribution in [0.2, 0.25) is 0 Å². The van der Waals surface area contributed by atoms with Crippen molar-refractivity contribution in [3.05, 3.63) is 47.0 Å². The van der Waals surface area contributed by atoms with Gasteiger partial charge in [-0.2, -0.15) is 5.26 Å². The number of benzene rings is 1. The van der Waals surface area contributed by atoms with Crippen molar-refractivity contribution in [2.45, 2.75) is 44.4 Å². The van der Waals surface area contributed by atoms with Crippen molar-refractivity contribution >= 4 is 0 Å². The predicted octanol–water partition coefficient (Wildman–Crippen LogP) is 4.61. The third-order valence-corrected chi connectivity index (χ3v) is 3.84. The average molecular weight is 261 g/mol. The Kier molecular flexibility index (Phi) is 4.31. The van der Waals surface area contributed by atoms with Crippen LogP contribution >= 0.6 is 0 Å². The molecule has 1 aliphatic rings. The minimum Gasteiger partial charge on any atom is -0.204 e. The van der Waals surface area contributed by atoms with Gasteiger partial charge in [0.15, 0.2) is 11.6 Å². The van der Waals surface area contributed by atoms with Crippen molar-refractivity contribution in [3.63, 3.8) is 0 Å². The van der Waals surface area contributed by atoms with Crippen LogP contribution in [0.4, 0.5) is 8.78 Å². The third-order valence-electron chi connectivity index (χ3n) is 3.84. The minimum absolute atomic E-state index is 0.174. The number of rotatable bonds is 3. The van der Waals surface area contributed by atoms with Gasteiger partial charge in [-0.15, -0.1) is 6.58 Å². The summed E-state index contributed by atoms with van der Waals surface area (Å²) in [5, 5.41) is 9.19. The van der Waals surface area contributed by atoms with Crippen molar-refractivity contribution in [3.8, 4) is 6.07 Å². The number of nitriles is 1. The SMILES string of the molecule is C=CCc1c(F)c(F)cc(C#N)c1C1CCCCC1. The molecule has 0 amide bonds. The lowest BCUT2D eigenvalue weighted by molar-refractivity contribution is 0.434. The van der Waals surface area contributed by atoms with E-state index in [-0.39, 0.29) is 17.9 Å². The van der Waals surface area contributed by atoms with Gasteiger partial charge in [-0.05, 0) is 42.4 Å².